The number of carbonyl (C=O) groups excluding carboxylic acids is 1. The number of nitrogens with two attached hydrogens (primary N) is 1. The second-order valence-electron chi connectivity index (χ2n) is 6.08. The van der Waals surface area contributed by atoms with Crippen molar-refractivity contribution in [3.05, 3.63) is 76.5 Å². The van der Waals surface area contributed by atoms with Crippen LogP contribution in [-0.4, -0.2) is 30.9 Å². The van der Waals surface area contributed by atoms with Crippen LogP contribution in [-0.2, 0) is 0 Å². The van der Waals surface area contributed by atoms with Crippen LogP contribution in [0.15, 0.2) is 55.1 Å². The highest BCUT2D eigenvalue weighted by Crippen LogP contribution is 2.29. The van der Waals surface area contributed by atoms with Crippen molar-refractivity contribution in [3.63, 3.8) is 0 Å². The Balaban J connectivity index is 1.56. The predicted molar refractivity (Wildman–Crippen MR) is 111 cm³/mol. The van der Waals surface area contributed by atoms with Gasteiger partial charge >= 0.3 is 0 Å². The van der Waals surface area contributed by atoms with Gasteiger partial charge in [0.2, 0.25) is 0 Å². The maximum Gasteiger partial charge on any atom is 0.258 e. The summed E-state index contributed by atoms with van der Waals surface area (Å²) in [5, 5.41) is 11.0. The lowest BCUT2D eigenvalue weighted by atomic mass is 10.1. The Labute approximate surface area is 179 Å². The highest BCUT2D eigenvalue weighted by molar-refractivity contribution is 6.35. The monoisotopic (exact) mass is 443 g/mol. The fourth-order valence-electron chi connectivity index (χ4n) is 2.68. The number of pyridine rings is 2. The van der Waals surface area contributed by atoms with E-state index in [9.17, 15) is 9.18 Å². The van der Waals surface area contributed by atoms with Gasteiger partial charge in [0.05, 0.1) is 45.6 Å². The summed E-state index contributed by atoms with van der Waals surface area (Å²) >= 11 is 12.5. The van der Waals surface area contributed by atoms with Gasteiger partial charge in [0.1, 0.15) is 5.82 Å². The number of anilines is 2. The van der Waals surface area contributed by atoms with Crippen LogP contribution in [0.1, 0.15) is 10.4 Å². The molecule has 1 aromatic carbocycles. The standard InChI is InChI=1S/C19H12Cl2FN7O/c20-14-7-17(12-2-1-10(22)5-16(12)23)24-9-13(14)19(30)28-11-6-15(21)18(25-8-11)29-26-3-4-27-29/h1-9H,23H2,(H,28,30). The van der Waals surface area contributed by atoms with E-state index >= 15 is 0 Å². The van der Waals surface area contributed by atoms with Crippen LogP contribution in [0.3, 0.4) is 0 Å². The first-order valence-electron chi connectivity index (χ1n) is 8.47. The van der Waals surface area contributed by atoms with Gasteiger partial charge in [-0.1, -0.05) is 23.2 Å². The number of amides is 1. The zero-order chi connectivity index (χ0) is 21.3. The number of hydrogen-bond donors (Lipinski definition) is 2. The fourth-order valence-corrected chi connectivity index (χ4v) is 3.16. The van der Waals surface area contributed by atoms with Crippen LogP contribution in [0.4, 0.5) is 15.8 Å². The summed E-state index contributed by atoms with van der Waals surface area (Å²) in [6.07, 6.45) is 5.71. The van der Waals surface area contributed by atoms with Crippen molar-refractivity contribution in [2.45, 2.75) is 0 Å². The van der Waals surface area contributed by atoms with Gasteiger partial charge in [0, 0.05) is 17.4 Å². The Bertz CT molecular complexity index is 1250. The van der Waals surface area contributed by atoms with Crippen molar-refractivity contribution in [1.29, 1.82) is 0 Å². The third-order valence-corrected chi connectivity index (χ3v) is 4.67. The van der Waals surface area contributed by atoms with Gasteiger partial charge in [-0.05, 0) is 30.3 Å². The zero-order valence-electron chi connectivity index (χ0n) is 15.1. The molecule has 0 fully saturated rings. The molecular weight excluding hydrogens is 432 g/mol. The Kier molecular flexibility index (Phi) is 5.30. The highest BCUT2D eigenvalue weighted by Gasteiger charge is 2.15. The average molecular weight is 444 g/mol. The summed E-state index contributed by atoms with van der Waals surface area (Å²) in [5.74, 6) is -0.644. The number of halogens is 3. The minimum Gasteiger partial charge on any atom is -0.398 e. The summed E-state index contributed by atoms with van der Waals surface area (Å²) in [6.45, 7) is 0. The van der Waals surface area contributed by atoms with Gasteiger partial charge in [-0.2, -0.15) is 10.2 Å². The number of nitrogens with one attached hydrogen (secondary N) is 1. The summed E-state index contributed by atoms with van der Waals surface area (Å²) < 4.78 is 13.3. The molecule has 0 bridgehead atoms. The molecule has 8 nitrogen and oxygen atoms in total. The van der Waals surface area contributed by atoms with Gasteiger partial charge in [-0.3, -0.25) is 9.78 Å². The molecule has 0 radical (unpaired) electrons. The van der Waals surface area contributed by atoms with E-state index in [1.54, 1.807) is 0 Å². The van der Waals surface area contributed by atoms with E-state index < -0.39 is 11.7 Å². The molecule has 11 heteroatoms. The van der Waals surface area contributed by atoms with Crippen molar-refractivity contribution in [2.75, 3.05) is 11.1 Å². The number of hydrogen-bond acceptors (Lipinski definition) is 6. The molecule has 0 saturated heterocycles. The highest BCUT2D eigenvalue weighted by atomic mass is 35.5. The van der Waals surface area contributed by atoms with E-state index in [-0.39, 0.29) is 21.3 Å². The molecule has 0 spiro atoms. The Morgan fingerprint density at radius 1 is 1.03 bits per heavy atom. The molecule has 0 aliphatic carbocycles. The van der Waals surface area contributed by atoms with E-state index in [2.05, 4.69) is 25.5 Å². The molecule has 30 heavy (non-hydrogen) atoms. The molecule has 0 unspecified atom stereocenters. The second kappa shape index (κ2) is 8.05. The number of nitrogens with zero attached hydrogens (tertiary/aromatic N) is 5. The van der Waals surface area contributed by atoms with Crippen LogP contribution in [0.2, 0.25) is 10.0 Å². The summed E-state index contributed by atoms with van der Waals surface area (Å²) in [6, 6.07) is 6.94. The van der Waals surface area contributed by atoms with E-state index in [4.69, 9.17) is 28.9 Å². The minimum atomic E-state index is -0.506. The molecule has 4 rings (SSSR count). The van der Waals surface area contributed by atoms with Crippen LogP contribution in [0, 0.1) is 5.82 Å². The van der Waals surface area contributed by atoms with Crippen LogP contribution in [0.5, 0.6) is 0 Å². The molecule has 0 aliphatic heterocycles. The third kappa shape index (κ3) is 3.93. The van der Waals surface area contributed by atoms with Gasteiger partial charge < -0.3 is 11.1 Å². The minimum absolute atomic E-state index is 0.134. The summed E-state index contributed by atoms with van der Waals surface area (Å²) in [5.41, 5.74) is 7.44. The van der Waals surface area contributed by atoms with E-state index in [0.717, 1.165) is 0 Å². The molecule has 0 atom stereocenters. The lowest BCUT2D eigenvalue weighted by Gasteiger charge is -2.10. The van der Waals surface area contributed by atoms with Gasteiger partial charge in [0.15, 0.2) is 5.82 Å². The van der Waals surface area contributed by atoms with Crippen LogP contribution < -0.4 is 11.1 Å². The molecule has 4 aromatic rings. The van der Waals surface area contributed by atoms with E-state index in [1.807, 2.05) is 0 Å². The van der Waals surface area contributed by atoms with Crippen molar-refractivity contribution in [3.8, 4) is 17.1 Å². The van der Waals surface area contributed by atoms with Gasteiger partial charge in [-0.15, -0.1) is 4.80 Å². The molecule has 3 aromatic heterocycles. The molecule has 0 saturated carbocycles. The molecule has 3 N–H and O–H groups in total. The number of nitrogen functional groups attached to an aromatic ring is 1. The first-order valence-corrected chi connectivity index (χ1v) is 9.22. The number of benzene rings is 1. The first kappa shape index (κ1) is 19.7. The largest absolute Gasteiger partial charge is 0.398 e. The Morgan fingerprint density at radius 2 is 1.80 bits per heavy atom. The molecule has 0 aliphatic rings. The van der Waals surface area contributed by atoms with Crippen molar-refractivity contribution < 1.29 is 9.18 Å². The van der Waals surface area contributed by atoms with Crippen molar-refractivity contribution >= 4 is 40.5 Å². The van der Waals surface area contributed by atoms with E-state index in [1.165, 1.54) is 59.9 Å². The number of rotatable bonds is 4. The lowest BCUT2D eigenvalue weighted by molar-refractivity contribution is 0.102. The topological polar surface area (TPSA) is 112 Å². The zero-order valence-corrected chi connectivity index (χ0v) is 16.6. The smallest absolute Gasteiger partial charge is 0.258 e. The third-order valence-electron chi connectivity index (χ3n) is 4.08. The van der Waals surface area contributed by atoms with Crippen LogP contribution >= 0.6 is 23.2 Å². The molecule has 1 amide bonds. The summed E-state index contributed by atoms with van der Waals surface area (Å²) in [4.78, 5) is 22.2. The Morgan fingerprint density at radius 3 is 2.47 bits per heavy atom. The predicted octanol–water partition coefficient (Wildman–Crippen LogP) is 4.00. The van der Waals surface area contributed by atoms with Crippen molar-refractivity contribution in [1.82, 2.24) is 25.0 Å². The first-order chi connectivity index (χ1) is 14.4. The second-order valence-corrected chi connectivity index (χ2v) is 6.90. The fraction of sp³-hybridized carbons (Fsp3) is 0. The van der Waals surface area contributed by atoms with Crippen LogP contribution in [0.25, 0.3) is 17.1 Å². The van der Waals surface area contributed by atoms with Crippen molar-refractivity contribution in [2.24, 2.45) is 0 Å². The van der Waals surface area contributed by atoms with Gasteiger partial charge in [-0.25, -0.2) is 9.37 Å². The molecule has 3 heterocycles. The maximum atomic E-state index is 13.3. The number of carbonyl (C=O) groups is 1. The lowest BCUT2D eigenvalue weighted by Crippen LogP contribution is -2.14. The summed E-state index contributed by atoms with van der Waals surface area (Å²) in [7, 11) is 0. The Hall–Kier alpha value is -3.56. The quantitative estimate of drug-likeness (QED) is 0.460. The van der Waals surface area contributed by atoms with E-state index in [0.29, 0.717) is 22.8 Å². The molecular formula is C19H12Cl2FN7O. The molecule has 150 valence electrons. The SMILES string of the molecule is Nc1cc(F)ccc1-c1cc(Cl)c(C(=O)Nc2cnc(-n3nccn3)c(Cl)c2)cn1. The van der Waals surface area contributed by atoms with Gasteiger partial charge in [0.25, 0.3) is 5.91 Å². The normalized spacial score (nSPS) is 10.8. The maximum absolute atomic E-state index is 13.3. The number of aromatic nitrogens is 5. The average Bonchev–Trinajstić information content (AvgIpc) is 3.22.